The minimum atomic E-state index is -0.303. The summed E-state index contributed by atoms with van der Waals surface area (Å²) >= 11 is 7.05. The number of hydrogen-bond donors (Lipinski definition) is 2. The standard InChI is InChI=1S/C20H24N2O3S2/c1-12-4-9-15-16(10-12)27-18(17(15)19(23)25-3)22-20(26)21-11-13-5-7-14(24-2)8-6-13/h5-8,12H,4,9-11H2,1-3H3,(H2,21,22,26). The number of hydrogen-bond acceptors (Lipinski definition) is 5. The number of benzene rings is 1. The Kier molecular flexibility index (Phi) is 6.34. The van der Waals surface area contributed by atoms with Crippen LogP contribution in [0.5, 0.6) is 5.75 Å². The number of nitrogens with one attached hydrogen (secondary N) is 2. The van der Waals surface area contributed by atoms with E-state index in [-0.39, 0.29) is 5.97 Å². The average Bonchev–Trinajstić information content (AvgIpc) is 3.02. The predicted molar refractivity (Wildman–Crippen MR) is 113 cm³/mol. The molecule has 0 fully saturated rings. The molecule has 0 bridgehead atoms. The Morgan fingerprint density at radius 2 is 2.04 bits per heavy atom. The molecule has 0 aliphatic heterocycles. The van der Waals surface area contributed by atoms with Gasteiger partial charge in [-0.15, -0.1) is 11.3 Å². The largest absolute Gasteiger partial charge is 0.497 e. The first-order valence-electron chi connectivity index (χ1n) is 8.92. The third-order valence-electron chi connectivity index (χ3n) is 4.74. The molecule has 2 N–H and O–H groups in total. The molecule has 0 spiro atoms. The smallest absolute Gasteiger partial charge is 0.341 e. The number of ether oxygens (including phenoxy) is 2. The van der Waals surface area contributed by atoms with Crippen molar-refractivity contribution in [3.8, 4) is 5.75 Å². The van der Waals surface area contributed by atoms with E-state index < -0.39 is 0 Å². The van der Waals surface area contributed by atoms with E-state index in [4.69, 9.17) is 21.7 Å². The summed E-state index contributed by atoms with van der Waals surface area (Å²) in [6.07, 6.45) is 3.00. The topological polar surface area (TPSA) is 59.6 Å². The fourth-order valence-corrected chi connectivity index (χ4v) is 4.87. The summed E-state index contributed by atoms with van der Waals surface area (Å²) < 4.78 is 10.2. The van der Waals surface area contributed by atoms with Gasteiger partial charge in [-0.05, 0) is 60.7 Å². The molecular formula is C20H24N2O3S2. The number of rotatable bonds is 5. The van der Waals surface area contributed by atoms with Crippen molar-refractivity contribution in [1.82, 2.24) is 5.32 Å². The second-order valence-corrected chi connectivity index (χ2v) is 8.22. The highest BCUT2D eigenvalue weighted by Crippen LogP contribution is 2.40. The minimum absolute atomic E-state index is 0.303. The Labute approximate surface area is 169 Å². The third-order valence-corrected chi connectivity index (χ3v) is 6.16. The lowest BCUT2D eigenvalue weighted by Gasteiger charge is -2.18. The lowest BCUT2D eigenvalue weighted by molar-refractivity contribution is 0.0601. The number of thiophene rings is 1. The van der Waals surface area contributed by atoms with E-state index in [0.717, 1.165) is 41.1 Å². The summed E-state index contributed by atoms with van der Waals surface area (Å²) in [4.78, 5) is 13.6. The molecule has 3 rings (SSSR count). The first-order valence-corrected chi connectivity index (χ1v) is 10.1. The molecule has 7 heteroatoms. The van der Waals surface area contributed by atoms with Crippen LogP contribution in [-0.2, 0) is 24.1 Å². The Bertz CT molecular complexity index is 830. The summed E-state index contributed by atoms with van der Waals surface area (Å²) in [6, 6.07) is 7.80. The highest BCUT2D eigenvalue weighted by molar-refractivity contribution is 7.80. The van der Waals surface area contributed by atoms with E-state index in [2.05, 4.69) is 17.6 Å². The van der Waals surface area contributed by atoms with E-state index in [0.29, 0.717) is 23.1 Å². The van der Waals surface area contributed by atoms with Gasteiger partial charge in [-0.2, -0.15) is 0 Å². The second-order valence-electron chi connectivity index (χ2n) is 6.70. The van der Waals surface area contributed by atoms with E-state index in [1.165, 1.54) is 12.0 Å². The molecule has 0 radical (unpaired) electrons. The number of anilines is 1. The highest BCUT2D eigenvalue weighted by atomic mass is 32.1. The third kappa shape index (κ3) is 4.59. The first-order chi connectivity index (χ1) is 13.0. The summed E-state index contributed by atoms with van der Waals surface area (Å²) in [5, 5.41) is 7.66. The van der Waals surface area contributed by atoms with E-state index in [1.54, 1.807) is 18.4 Å². The molecule has 1 aromatic carbocycles. The van der Waals surface area contributed by atoms with Crippen LogP contribution in [0, 0.1) is 5.92 Å². The normalized spacial score (nSPS) is 15.6. The fraction of sp³-hybridized carbons (Fsp3) is 0.400. The van der Waals surface area contributed by atoms with Gasteiger partial charge < -0.3 is 20.1 Å². The van der Waals surface area contributed by atoms with Crippen molar-refractivity contribution in [3.63, 3.8) is 0 Å². The van der Waals surface area contributed by atoms with Crippen LogP contribution in [0.2, 0.25) is 0 Å². The van der Waals surface area contributed by atoms with Crippen molar-refractivity contribution in [2.24, 2.45) is 5.92 Å². The van der Waals surface area contributed by atoms with Crippen LogP contribution < -0.4 is 15.4 Å². The van der Waals surface area contributed by atoms with Crippen molar-refractivity contribution in [1.29, 1.82) is 0 Å². The van der Waals surface area contributed by atoms with Crippen LogP contribution in [0.3, 0.4) is 0 Å². The maximum absolute atomic E-state index is 12.3. The van der Waals surface area contributed by atoms with Crippen molar-refractivity contribution >= 4 is 39.6 Å². The number of carbonyl (C=O) groups excluding carboxylic acids is 1. The number of carbonyl (C=O) groups is 1. The van der Waals surface area contributed by atoms with Gasteiger partial charge in [0, 0.05) is 11.4 Å². The van der Waals surface area contributed by atoms with Gasteiger partial charge in [0.1, 0.15) is 10.8 Å². The lowest BCUT2D eigenvalue weighted by Crippen LogP contribution is -2.28. The molecule has 27 heavy (non-hydrogen) atoms. The molecule has 5 nitrogen and oxygen atoms in total. The van der Waals surface area contributed by atoms with E-state index in [1.807, 2.05) is 24.3 Å². The molecule has 1 aromatic heterocycles. The predicted octanol–water partition coefficient (Wildman–Crippen LogP) is 4.15. The lowest BCUT2D eigenvalue weighted by atomic mass is 9.88. The fourth-order valence-electron chi connectivity index (χ4n) is 3.23. The zero-order chi connectivity index (χ0) is 19.4. The first kappa shape index (κ1) is 19.6. The SMILES string of the molecule is COC(=O)c1c(NC(=S)NCc2ccc(OC)cc2)sc2c1CCC(C)C2. The van der Waals surface area contributed by atoms with Crippen LogP contribution >= 0.6 is 23.6 Å². The van der Waals surface area contributed by atoms with Gasteiger partial charge >= 0.3 is 5.97 Å². The highest BCUT2D eigenvalue weighted by Gasteiger charge is 2.28. The van der Waals surface area contributed by atoms with Crippen LogP contribution in [0.1, 0.15) is 39.7 Å². The number of fused-ring (bicyclic) bond motifs is 1. The second kappa shape index (κ2) is 8.71. The zero-order valence-electron chi connectivity index (χ0n) is 15.8. The Balaban J connectivity index is 1.70. The van der Waals surface area contributed by atoms with Crippen molar-refractivity contribution in [3.05, 3.63) is 45.8 Å². The maximum atomic E-state index is 12.3. The van der Waals surface area contributed by atoms with Gasteiger partial charge in [-0.25, -0.2) is 4.79 Å². The zero-order valence-corrected chi connectivity index (χ0v) is 17.4. The molecule has 1 unspecified atom stereocenters. The summed E-state index contributed by atoms with van der Waals surface area (Å²) in [6.45, 7) is 2.83. The number of esters is 1. The van der Waals surface area contributed by atoms with Gasteiger partial charge in [0.25, 0.3) is 0 Å². The van der Waals surface area contributed by atoms with Crippen LogP contribution in [0.4, 0.5) is 5.00 Å². The quantitative estimate of drug-likeness (QED) is 0.577. The van der Waals surface area contributed by atoms with Crippen LogP contribution in [-0.4, -0.2) is 25.3 Å². The molecular weight excluding hydrogens is 380 g/mol. The monoisotopic (exact) mass is 404 g/mol. The molecule has 1 aliphatic carbocycles. The van der Waals surface area contributed by atoms with Crippen LogP contribution in [0.25, 0.3) is 0 Å². The van der Waals surface area contributed by atoms with Gasteiger partial charge in [0.05, 0.1) is 19.8 Å². The van der Waals surface area contributed by atoms with Crippen molar-refractivity contribution in [2.75, 3.05) is 19.5 Å². The molecule has 1 aliphatic rings. The Morgan fingerprint density at radius 3 is 2.70 bits per heavy atom. The molecule has 2 aromatic rings. The van der Waals surface area contributed by atoms with Crippen LogP contribution in [0.15, 0.2) is 24.3 Å². The van der Waals surface area contributed by atoms with Gasteiger partial charge in [0.2, 0.25) is 0 Å². The van der Waals surface area contributed by atoms with E-state index >= 15 is 0 Å². The maximum Gasteiger partial charge on any atom is 0.341 e. The van der Waals surface area contributed by atoms with Gasteiger partial charge in [-0.1, -0.05) is 19.1 Å². The molecule has 0 saturated heterocycles. The molecule has 0 amide bonds. The van der Waals surface area contributed by atoms with Gasteiger partial charge in [0.15, 0.2) is 5.11 Å². The molecule has 1 atom stereocenters. The van der Waals surface area contributed by atoms with E-state index in [9.17, 15) is 4.79 Å². The molecule has 0 saturated carbocycles. The summed E-state index contributed by atoms with van der Waals surface area (Å²) in [5.74, 6) is 1.15. The molecule has 144 valence electrons. The van der Waals surface area contributed by atoms with Gasteiger partial charge in [-0.3, -0.25) is 0 Å². The summed E-state index contributed by atoms with van der Waals surface area (Å²) in [5.41, 5.74) is 2.84. The Morgan fingerprint density at radius 1 is 1.30 bits per heavy atom. The number of methoxy groups -OCH3 is 2. The van der Waals surface area contributed by atoms with Crippen molar-refractivity contribution < 1.29 is 14.3 Å². The van der Waals surface area contributed by atoms with Crippen molar-refractivity contribution in [2.45, 2.75) is 32.7 Å². The average molecular weight is 405 g/mol. The minimum Gasteiger partial charge on any atom is -0.497 e. The molecule has 1 heterocycles. The number of thiocarbonyl (C=S) groups is 1. The Hall–Kier alpha value is -2.12. The summed E-state index contributed by atoms with van der Waals surface area (Å²) in [7, 11) is 3.06.